The normalized spacial score (nSPS) is 20.7. The molecule has 11 heteroatoms. The second-order valence-electron chi connectivity index (χ2n) is 18.0. The van der Waals surface area contributed by atoms with Crippen molar-refractivity contribution in [2.24, 2.45) is 0 Å². The molecule has 0 aromatic rings. The van der Waals surface area contributed by atoms with Crippen LogP contribution in [0.1, 0.15) is 181 Å². The van der Waals surface area contributed by atoms with Crippen LogP contribution in [0.25, 0.3) is 0 Å². The monoisotopic (exact) mass is 966 g/mol. The van der Waals surface area contributed by atoms with Gasteiger partial charge in [0.05, 0.1) is 25.4 Å². The van der Waals surface area contributed by atoms with Gasteiger partial charge in [0.15, 0.2) is 12.4 Å². The Hall–Kier alpha value is -3.68. The molecule has 0 aliphatic carbocycles. The number of aliphatic hydroxyl groups excluding tert-OH is 5. The van der Waals surface area contributed by atoms with E-state index in [2.05, 4.69) is 74.7 Å². The zero-order valence-electron chi connectivity index (χ0n) is 42.9. The van der Waals surface area contributed by atoms with E-state index in [4.69, 9.17) is 14.2 Å². The van der Waals surface area contributed by atoms with Gasteiger partial charge in [-0.15, -0.1) is 0 Å². The van der Waals surface area contributed by atoms with Crippen LogP contribution in [0, 0.1) is 0 Å². The molecule has 0 saturated carbocycles. The highest BCUT2D eigenvalue weighted by Gasteiger charge is 2.47. The SMILES string of the molecule is CC/C=C/C=C/C=C\C=C/C=C/CCCCCC(=O)OC1C(OCC(NC(=O)C(O)CCCCC/C=C/C/C=C/C/C=C/CC)C(O)/C=C/CCCCCCCCCCCC)OC(CO)C(O)C1O. The molecule has 0 aromatic heterocycles. The van der Waals surface area contributed by atoms with Gasteiger partial charge in [-0.3, -0.25) is 9.59 Å². The summed E-state index contributed by atoms with van der Waals surface area (Å²) >= 11 is 0. The van der Waals surface area contributed by atoms with Crippen LogP contribution in [0.2, 0.25) is 0 Å². The van der Waals surface area contributed by atoms with Crippen LogP contribution >= 0.6 is 0 Å². The lowest BCUT2D eigenvalue weighted by molar-refractivity contribution is -0.305. The van der Waals surface area contributed by atoms with E-state index >= 15 is 0 Å². The van der Waals surface area contributed by atoms with Gasteiger partial charge in [-0.1, -0.05) is 207 Å². The number of amides is 1. The van der Waals surface area contributed by atoms with Gasteiger partial charge in [0.2, 0.25) is 5.91 Å². The Balaban J connectivity index is 2.83. The van der Waals surface area contributed by atoms with Crippen molar-refractivity contribution in [3.8, 4) is 0 Å². The molecule has 1 saturated heterocycles. The maximum Gasteiger partial charge on any atom is 0.306 e. The van der Waals surface area contributed by atoms with E-state index in [1.54, 1.807) is 6.08 Å². The van der Waals surface area contributed by atoms with E-state index in [1.807, 2.05) is 54.7 Å². The summed E-state index contributed by atoms with van der Waals surface area (Å²) in [5.74, 6) is -1.27. The molecular formula is C58H95NO10. The molecule has 0 aromatic carbocycles. The van der Waals surface area contributed by atoms with Crippen LogP contribution in [0.5, 0.6) is 0 Å². The summed E-state index contributed by atoms with van der Waals surface area (Å²) in [6, 6.07) is -1.05. The summed E-state index contributed by atoms with van der Waals surface area (Å²) in [6.45, 7) is 5.44. The largest absolute Gasteiger partial charge is 0.454 e. The molecule has 0 bridgehead atoms. The Morgan fingerprint density at radius 2 is 1.12 bits per heavy atom. The summed E-state index contributed by atoms with van der Waals surface area (Å²) in [5, 5.41) is 56.6. The van der Waals surface area contributed by atoms with Crippen LogP contribution in [0.4, 0.5) is 0 Å². The van der Waals surface area contributed by atoms with Crippen LogP contribution in [0.15, 0.2) is 109 Å². The minimum atomic E-state index is -1.64. The maximum absolute atomic E-state index is 13.3. The van der Waals surface area contributed by atoms with Gasteiger partial charge < -0.3 is 45.1 Å². The molecule has 1 heterocycles. The van der Waals surface area contributed by atoms with E-state index in [0.29, 0.717) is 12.8 Å². The van der Waals surface area contributed by atoms with E-state index < -0.39 is 67.4 Å². The molecule has 11 nitrogen and oxygen atoms in total. The first kappa shape index (κ1) is 63.3. The van der Waals surface area contributed by atoms with Crippen LogP contribution < -0.4 is 5.32 Å². The quantitative estimate of drug-likeness (QED) is 0.0149. The molecule has 392 valence electrons. The third-order valence-electron chi connectivity index (χ3n) is 11.8. The third-order valence-corrected chi connectivity index (χ3v) is 11.8. The molecule has 1 rings (SSSR count). The van der Waals surface area contributed by atoms with E-state index in [-0.39, 0.29) is 19.4 Å². The summed E-state index contributed by atoms with van der Waals surface area (Å²) in [6.07, 6.45) is 49.9. The van der Waals surface area contributed by atoms with Gasteiger partial charge in [0.25, 0.3) is 0 Å². The fourth-order valence-corrected chi connectivity index (χ4v) is 7.57. The predicted octanol–water partition coefficient (Wildman–Crippen LogP) is 11.4. The van der Waals surface area contributed by atoms with E-state index in [1.165, 1.54) is 44.9 Å². The van der Waals surface area contributed by atoms with Crippen LogP contribution in [-0.2, 0) is 23.8 Å². The van der Waals surface area contributed by atoms with Gasteiger partial charge in [0.1, 0.15) is 24.4 Å². The van der Waals surface area contributed by atoms with Crippen molar-refractivity contribution in [3.05, 3.63) is 109 Å². The second kappa shape index (κ2) is 45.5. The van der Waals surface area contributed by atoms with E-state index in [0.717, 1.165) is 89.9 Å². The molecule has 69 heavy (non-hydrogen) atoms. The number of esters is 1. The molecular weight excluding hydrogens is 871 g/mol. The second-order valence-corrected chi connectivity index (χ2v) is 18.0. The molecule has 0 spiro atoms. The van der Waals surface area contributed by atoms with Gasteiger partial charge >= 0.3 is 5.97 Å². The molecule has 1 aliphatic heterocycles. The topological polar surface area (TPSA) is 175 Å². The predicted molar refractivity (Wildman–Crippen MR) is 282 cm³/mol. The van der Waals surface area contributed by atoms with Crippen LogP contribution in [-0.4, -0.2) is 99.6 Å². The number of hydrogen-bond donors (Lipinski definition) is 6. The first-order valence-electron chi connectivity index (χ1n) is 26.7. The fraction of sp³-hybridized carbons (Fsp3) is 0.655. The minimum Gasteiger partial charge on any atom is -0.454 e. The molecule has 1 fully saturated rings. The zero-order valence-corrected chi connectivity index (χ0v) is 42.9. The standard InChI is InChI=1S/C58H95NO10/c1-4-7-10-13-16-19-22-25-26-28-31-34-37-40-43-46-53(63)69-56-55(65)54(64)52(47-60)68-58(56)67-48-49(50(61)44-41-38-35-32-29-24-21-18-15-12-9-6-3)59-57(66)51(62)45-42-39-36-33-30-27-23-20-17-14-11-8-5-2/h7-8,10-11,13,16-17,19-20,22,25-28,30-31,41,44,49-52,54-56,58,60-62,64-65H,4-6,9,12,14-15,18,21,23-24,29,32-40,42-43,45-48H2,1-3H3,(H,59,66)/b10-7+,11-8+,16-13+,20-17+,22-19-,26-25-,30-27+,31-28+,44-41+. The molecule has 8 unspecified atom stereocenters. The highest BCUT2D eigenvalue weighted by Crippen LogP contribution is 2.26. The molecule has 0 radical (unpaired) electrons. The maximum atomic E-state index is 13.3. The lowest BCUT2D eigenvalue weighted by atomic mass is 9.99. The van der Waals surface area contributed by atoms with Crippen molar-refractivity contribution in [2.75, 3.05) is 13.2 Å². The smallest absolute Gasteiger partial charge is 0.306 e. The minimum absolute atomic E-state index is 0.0652. The molecule has 1 aliphatic rings. The van der Waals surface area contributed by atoms with Crippen molar-refractivity contribution in [2.45, 2.75) is 230 Å². The number of hydrogen-bond acceptors (Lipinski definition) is 10. The van der Waals surface area contributed by atoms with Crippen molar-refractivity contribution in [1.82, 2.24) is 5.32 Å². The number of unbranched alkanes of at least 4 members (excludes halogenated alkanes) is 16. The highest BCUT2D eigenvalue weighted by molar-refractivity contribution is 5.80. The Kier molecular flexibility index (Phi) is 41.7. The first-order chi connectivity index (χ1) is 33.7. The zero-order chi connectivity index (χ0) is 50.4. The Labute approximate surface area is 418 Å². The Bertz CT molecular complexity index is 1530. The number of allylic oxidation sites excluding steroid dienone is 17. The Morgan fingerprint density at radius 1 is 0.594 bits per heavy atom. The lowest BCUT2D eigenvalue weighted by Gasteiger charge is -2.41. The summed E-state index contributed by atoms with van der Waals surface area (Å²) in [4.78, 5) is 26.4. The highest BCUT2D eigenvalue weighted by atomic mass is 16.7. The number of carbonyl (C=O) groups excluding carboxylic acids is 2. The third kappa shape index (κ3) is 34.3. The summed E-state index contributed by atoms with van der Waals surface area (Å²) in [7, 11) is 0. The van der Waals surface area contributed by atoms with Gasteiger partial charge in [0, 0.05) is 6.42 Å². The summed E-state index contributed by atoms with van der Waals surface area (Å²) < 4.78 is 17.5. The van der Waals surface area contributed by atoms with Crippen molar-refractivity contribution in [1.29, 1.82) is 0 Å². The molecule has 6 N–H and O–H groups in total. The molecule has 8 atom stereocenters. The van der Waals surface area contributed by atoms with E-state index in [9.17, 15) is 35.1 Å². The number of aliphatic hydroxyl groups is 5. The number of ether oxygens (including phenoxy) is 3. The molecule has 1 amide bonds. The van der Waals surface area contributed by atoms with Gasteiger partial charge in [-0.2, -0.15) is 0 Å². The average Bonchev–Trinajstić information content (AvgIpc) is 3.34. The van der Waals surface area contributed by atoms with Gasteiger partial charge in [-0.05, 0) is 77.0 Å². The lowest BCUT2D eigenvalue weighted by Crippen LogP contribution is -2.61. The first-order valence-corrected chi connectivity index (χ1v) is 26.7. The fourth-order valence-electron chi connectivity index (χ4n) is 7.57. The number of carbonyl (C=O) groups is 2. The number of rotatable bonds is 42. The number of nitrogens with one attached hydrogen (secondary N) is 1. The van der Waals surface area contributed by atoms with Crippen molar-refractivity contribution in [3.63, 3.8) is 0 Å². The average molecular weight is 966 g/mol. The van der Waals surface area contributed by atoms with Crippen molar-refractivity contribution >= 4 is 11.9 Å². The Morgan fingerprint density at radius 3 is 1.74 bits per heavy atom. The van der Waals surface area contributed by atoms with Crippen LogP contribution in [0.3, 0.4) is 0 Å². The van der Waals surface area contributed by atoms with Gasteiger partial charge in [-0.25, -0.2) is 0 Å². The summed E-state index contributed by atoms with van der Waals surface area (Å²) in [5.41, 5.74) is 0. The van der Waals surface area contributed by atoms with Crippen molar-refractivity contribution < 1.29 is 49.3 Å².